The highest BCUT2D eigenvalue weighted by molar-refractivity contribution is 5.75. The second kappa shape index (κ2) is 7.42. The zero-order valence-corrected chi connectivity index (χ0v) is 9.54. The number of ether oxygens (including phenoxy) is 2. The van der Waals surface area contributed by atoms with Gasteiger partial charge in [-0.3, -0.25) is 0 Å². The van der Waals surface area contributed by atoms with E-state index in [9.17, 15) is 9.90 Å². The van der Waals surface area contributed by atoms with E-state index in [0.717, 1.165) is 19.3 Å². The average molecular weight is 266 g/mol. The molecule has 1 fully saturated rings. The second-order valence-corrected chi connectivity index (χ2v) is 4.09. The van der Waals surface area contributed by atoms with Crippen molar-refractivity contribution >= 4 is 23.3 Å². The van der Waals surface area contributed by atoms with Gasteiger partial charge in [0.2, 0.25) is 6.10 Å². The Balaban J connectivity index is 0.00000162. The summed E-state index contributed by atoms with van der Waals surface area (Å²) in [5.74, 6) is -0.408. The van der Waals surface area contributed by atoms with Gasteiger partial charge < -0.3 is 14.6 Å². The van der Waals surface area contributed by atoms with E-state index in [1.165, 1.54) is 0 Å². The van der Waals surface area contributed by atoms with Gasteiger partial charge >= 0.3 is 5.97 Å². The third kappa shape index (κ3) is 4.02. The molecule has 18 heavy (non-hydrogen) atoms. The normalized spacial score (nSPS) is 20.6. The van der Waals surface area contributed by atoms with Crippen molar-refractivity contribution in [1.82, 2.24) is 0 Å². The second-order valence-electron chi connectivity index (χ2n) is 4.09. The third-order valence-corrected chi connectivity index (χ3v) is 2.80. The van der Waals surface area contributed by atoms with Crippen LogP contribution in [0.5, 0.6) is 5.75 Å². The van der Waals surface area contributed by atoms with Crippen molar-refractivity contribution in [3.8, 4) is 5.75 Å². The summed E-state index contributed by atoms with van der Waals surface area (Å²) in [6, 6.07) is 8.99. The van der Waals surface area contributed by atoms with E-state index in [1.54, 1.807) is 12.1 Å². The van der Waals surface area contributed by atoms with Crippen LogP contribution >= 0.6 is 0 Å². The molecule has 2 rings (SSSR count). The maximum Gasteiger partial charge on any atom is 0.347 e. The standard InChI is InChI=1S/C13H16O4.Al.3H/c14-13(15)12(11-8-4-5-9-16-11)17-10-6-2-1-3-7-10;;;;/h1-3,6-7,11-12H,4-5,8-9H2,(H,14,15);;;;. The lowest BCUT2D eigenvalue weighted by Crippen LogP contribution is -2.42. The molecule has 4 nitrogen and oxygen atoms in total. The van der Waals surface area contributed by atoms with Gasteiger partial charge in [-0.05, 0) is 31.4 Å². The summed E-state index contributed by atoms with van der Waals surface area (Å²) in [7, 11) is 0. The van der Waals surface area contributed by atoms with Crippen molar-refractivity contribution < 1.29 is 19.4 Å². The molecular formula is C13H19AlO4. The van der Waals surface area contributed by atoms with Crippen LogP contribution in [0, 0.1) is 0 Å². The molecule has 0 amide bonds. The lowest BCUT2D eigenvalue weighted by atomic mass is 10.0. The fraction of sp³-hybridized carbons (Fsp3) is 0.462. The molecule has 0 aliphatic carbocycles. The van der Waals surface area contributed by atoms with Crippen LogP contribution in [0.25, 0.3) is 0 Å². The molecule has 0 saturated carbocycles. The minimum Gasteiger partial charge on any atom is -0.478 e. The molecule has 0 spiro atoms. The maximum absolute atomic E-state index is 11.2. The van der Waals surface area contributed by atoms with Gasteiger partial charge in [0, 0.05) is 6.61 Å². The molecule has 1 aliphatic heterocycles. The number of hydrogen-bond acceptors (Lipinski definition) is 3. The monoisotopic (exact) mass is 266 g/mol. The van der Waals surface area contributed by atoms with Gasteiger partial charge in [0.05, 0.1) is 0 Å². The summed E-state index contributed by atoms with van der Waals surface area (Å²) in [5, 5.41) is 9.18. The Morgan fingerprint density at radius 1 is 1.33 bits per heavy atom. The van der Waals surface area contributed by atoms with Crippen molar-refractivity contribution in [2.24, 2.45) is 0 Å². The van der Waals surface area contributed by atoms with Gasteiger partial charge in [0.25, 0.3) is 0 Å². The lowest BCUT2D eigenvalue weighted by molar-refractivity contribution is -0.155. The minimum absolute atomic E-state index is 0. The first-order valence-electron chi connectivity index (χ1n) is 5.83. The Kier molecular flexibility index (Phi) is 6.20. The van der Waals surface area contributed by atoms with Crippen molar-refractivity contribution in [2.75, 3.05) is 6.61 Å². The van der Waals surface area contributed by atoms with E-state index in [1.807, 2.05) is 18.2 Å². The number of benzene rings is 1. The maximum atomic E-state index is 11.2. The van der Waals surface area contributed by atoms with E-state index in [4.69, 9.17) is 9.47 Å². The molecule has 1 heterocycles. The lowest BCUT2D eigenvalue weighted by Gasteiger charge is -2.28. The molecule has 1 N–H and O–H groups in total. The highest BCUT2D eigenvalue weighted by Crippen LogP contribution is 2.20. The molecule has 1 aromatic carbocycles. The number of carbonyl (C=O) groups is 1. The van der Waals surface area contributed by atoms with Crippen LogP contribution < -0.4 is 4.74 Å². The summed E-state index contributed by atoms with van der Waals surface area (Å²) < 4.78 is 11.0. The summed E-state index contributed by atoms with van der Waals surface area (Å²) in [6.45, 7) is 0.618. The minimum atomic E-state index is -0.972. The molecule has 1 saturated heterocycles. The van der Waals surface area contributed by atoms with E-state index >= 15 is 0 Å². The van der Waals surface area contributed by atoms with Gasteiger partial charge in [-0.15, -0.1) is 0 Å². The quantitative estimate of drug-likeness (QED) is 0.823. The molecule has 98 valence electrons. The van der Waals surface area contributed by atoms with Gasteiger partial charge in [0.1, 0.15) is 11.9 Å². The molecule has 5 heteroatoms. The number of hydrogen-bond donors (Lipinski definition) is 1. The van der Waals surface area contributed by atoms with Crippen molar-refractivity contribution in [1.29, 1.82) is 0 Å². The first-order chi connectivity index (χ1) is 8.27. The number of rotatable bonds is 4. The van der Waals surface area contributed by atoms with Crippen LogP contribution in [0.15, 0.2) is 30.3 Å². The number of carboxylic acids is 1. The van der Waals surface area contributed by atoms with Gasteiger partial charge in [-0.1, -0.05) is 18.2 Å². The van der Waals surface area contributed by atoms with Crippen LogP contribution in [-0.2, 0) is 9.53 Å². The van der Waals surface area contributed by atoms with Crippen LogP contribution in [0.2, 0.25) is 0 Å². The number of aliphatic carboxylic acids is 1. The van der Waals surface area contributed by atoms with Crippen LogP contribution in [-0.4, -0.2) is 47.3 Å². The smallest absolute Gasteiger partial charge is 0.347 e. The Morgan fingerprint density at radius 3 is 2.61 bits per heavy atom. The fourth-order valence-electron chi connectivity index (χ4n) is 1.94. The summed E-state index contributed by atoms with van der Waals surface area (Å²) in [5.41, 5.74) is 0. The topological polar surface area (TPSA) is 55.8 Å². The predicted octanol–water partition coefficient (Wildman–Crippen LogP) is 0.904. The van der Waals surface area contributed by atoms with E-state index in [-0.39, 0.29) is 23.5 Å². The average Bonchev–Trinajstić information content (AvgIpc) is 2.38. The highest BCUT2D eigenvalue weighted by atomic mass is 27.0. The first-order valence-corrected chi connectivity index (χ1v) is 5.83. The van der Waals surface area contributed by atoms with Crippen molar-refractivity contribution in [3.63, 3.8) is 0 Å². The largest absolute Gasteiger partial charge is 0.478 e. The molecule has 1 aromatic rings. The number of carboxylic acid groups (broad SMARTS) is 1. The van der Waals surface area contributed by atoms with Gasteiger partial charge in [-0.2, -0.15) is 0 Å². The SMILES string of the molecule is O=C(O)C(Oc1ccccc1)C1CCCCO1.[AlH3]. The molecule has 2 unspecified atom stereocenters. The molecule has 0 bridgehead atoms. The van der Waals surface area contributed by atoms with Gasteiger partial charge in [-0.25, -0.2) is 4.79 Å². The number of para-hydroxylation sites is 1. The summed E-state index contributed by atoms with van der Waals surface area (Å²) >= 11 is 0. The van der Waals surface area contributed by atoms with Crippen molar-refractivity contribution in [2.45, 2.75) is 31.5 Å². The van der Waals surface area contributed by atoms with Crippen LogP contribution in [0.3, 0.4) is 0 Å². The molecule has 0 radical (unpaired) electrons. The Labute approximate surface area is 117 Å². The Hall–Kier alpha value is -1.02. The highest BCUT2D eigenvalue weighted by Gasteiger charge is 2.32. The van der Waals surface area contributed by atoms with Crippen LogP contribution in [0.4, 0.5) is 0 Å². The predicted molar refractivity (Wildman–Crippen MR) is 72.0 cm³/mol. The fourth-order valence-corrected chi connectivity index (χ4v) is 1.94. The van der Waals surface area contributed by atoms with Crippen molar-refractivity contribution in [3.05, 3.63) is 30.3 Å². The third-order valence-electron chi connectivity index (χ3n) is 2.80. The molecule has 0 aromatic heterocycles. The van der Waals surface area contributed by atoms with Crippen LogP contribution in [0.1, 0.15) is 19.3 Å². The van der Waals surface area contributed by atoms with E-state index in [2.05, 4.69) is 0 Å². The zero-order valence-electron chi connectivity index (χ0n) is 9.54. The summed E-state index contributed by atoms with van der Waals surface area (Å²) in [6.07, 6.45) is 1.46. The molecule has 2 atom stereocenters. The van der Waals surface area contributed by atoms with E-state index < -0.39 is 12.1 Å². The van der Waals surface area contributed by atoms with E-state index in [0.29, 0.717) is 12.4 Å². The molecular weight excluding hydrogens is 247 g/mol. The Morgan fingerprint density at radius 2 is 2.06 bits per heavy atom. The first kappa shape index (κ1) is 15.0. The van der Waals surface area contributed by atoms with Gasteiger partial charge in [0.15, 0.2) is 17.4 Å². The Bertz CT molecular complexity index is 363. The summed E-state index contributed by atoms with van der Waals surface area (Å²) in [4.78, 5) is 11.2. The molecule has 1 aliphatic rings. The zero-order chi connectivity index (χ0) is 12.1.